The Kier molecular flexibility index (Phi) is 6.80. The topological polar surface area (TPSA) is 91.2 Å². The fourth-order valence-corrected chi connectivity index (χ4v) is 6.14. The third-order valence-corrected chi connectivity index (χ3v) is 8.34. The summed E-state index contributed by atoms with van der Waals surface area (Å²) in [5.41, 5.74) is 8.26. The molecule has 0 unspecified atom stereocenters. The molecule has 0 fully saturated rings. The molecule has 6 aromatic carbocycles. The van der Waals surface area contributed by atoms with Crippen LogP contribution in [0.2, 0.25) is 0 Å². The summed E-state index contributed by atoms with van der Waals surface area (Å²) in [7, 11) is 0. The number of benzene rings is 6. The number of para-hydroxylation sites is 1. The van der Waals surface area contributed by atoms with E-state index in [1.807, 2.05) is 115 Å². The zero-order chi connectivity index (χ0) is 31.7. The molecule has 218 valence electrons. The summed E-state index contributed by atoms with van der Waals surface area (Å²) in [6, 6.07) is 52.2. The fraction of sp³-hybridized carbons (Fsp3) is 0. The van der Waals surface area contributed by atoms with E-state index >= 15 is 0 Å². The van der Waals surface area contributed by atoms with Crippen molar-refractivity contribution < 1.29 is 0 Å². The highest BCUT2D eigenvalue weighted by Gasteiger charge is 2.20. The van der Waals surface area contributed by atoms with Crippen molar-refractivity contribution in [3.05, 3.63) is 157 Å². The first-order valence-corrected chi connectivity index (χ1v) is 15.2. The SMILES string of the molecule is N#Cc1ccc(-n2c3ccccc3c3cc(-c4ccccc4C#N)ccc32)c(-c2nc(-c3ccccc3)nc(-c3ccccc3)n2)c1. The van der Waals surface area contributed by atoms with Gasteiger partial charge in [-0.25, -0.2) is 15.0 Å². The van der Waals surface area contributed by atoms with Crippen LogP contribution in [0.3, 0.4) is 0 Å². The van der Waals surface area contributed by atoms with Crippen LogP contribution in [-0.4, -0.2) is 19.5 Å². The molecule has 0 atom stereocenters. The van der Waals surface area contributed by atoms with Crippen LogP contribution in [0.15, 0.2) is 146 Å². The van der Waals surface area contributed by atoms with Crippen molar-refractivity contribution in [1.82, 2.24) is 19.5 Å². The largest absolute Gasteiger partial charge is 0.308 e. The predicted molar refractivity (Wildman–Crippen MR) is 185 cm³/mol. The lowest BCUT2D eigenvalue weighted by Crippen LogP contribution is -2.04. The summed E-state index contributed by atoms with van der Waals surface area (Å²) < 4.78 is 2.20. The molecule has 0 N–H and O–H groups in total. The molecule has 2 aromatic heterocycles. The molecule has 47 heavy (non-hydrogen) atoms. The molecule has 0 saturated carbocycles. The predicted octanol–water partition coefficient (Wildman–Crippen LogP) is 9.38. The number of hydrogen-bond acceptors (Lipinski definition) is 5. The first kappa shape index (κ1) is 27.6. The highest BCUT2D eigenvalue weighted by atomic mass is 15.1. The van der Waals surface area contributed by atoms with E-state index in [2.05, 4.69) is 47.0 Å². The van der Waals surface area contributed by atoms with Gasteiger partial charge in [0.25, 0.3) is 0 Å². The number of nitrogens with zero attached hydrogens (tertiary/aromatic N) is 6. The fourth-order valence-electron chi connectivity index (χ4n) is 6.14. The minimum absolute atomic E-state index is 0.468. The highest BCUT2D eigenvalue weighted by molar-refractivity contribution is 6.11. The zero-order valence-electron chi connectivity index (χ0n) is 25.0. The van der Waals surface area contributed by atoms with Crippen LogP contribution in [0, 0.1) is 22.7 Å². The number of aromatic nitrogens is 4. The lowest BCUT2D eigenvalue weighted by Gasteiger charge is -2.15. The van der Waals surface area contributed by atoms with E-state index in [0.717, 1.165) is 49.7 Å². The summed E-state index contributed by atoms with van der Waals surface area (Å²) >= 11 is 0. The molecular weight excluding hydrogens is 576 g/mol. The standard InChI is InChI=1S/C41H24N6/c42-25-27-19-21-38(35(23-27)41-45-39(28-11-3-1-4-12-28)44-40(46-41)29-13-5-2-6-14-29)47-36-18-10-9-17-33(36)34-24-30(20-22-37(34)47)32-16-8-7-15-31(32)26-43/h1-24H. The Bertz CT molecular complexity index is 2480. The Labute approximate surface area is 271 Å². The van der Waals surface area contributed by atoms with Crippen molar-refractivity contribution >= 4 is 21.8 Å². The molecule has 2 heterocycles. The van der Waals surface area contributed by atoms with Gasteiger partial charge in [0.2, 0.25) is 0 Å². The van der Waals surface area contributed by atoms with E-state index in [-0.39, 0.29) is 0 Å². The minimum atomic E-state index is 0.468. The first-order valence-electron chi connectivity index (χ1n) is 15.2. The van der Waals surface area contributed by atoms with Crippen molar-refractivity contribution in [3.63, 3.8) is 0 Å². The summed E-state index contributed by atoms with van der Waals surface area (Å²) in [6.45, 7) is 0. The van der Waals surface area contributed by atoms with Crippen molar-refractivity contribution in [3.8, 4) is 63.1 Å². The molecule has 0 radical (unpaired) electrons. The molecule has 0 aliphatic carbocycles. The van der Waals surface area contributed by atoms with Crippen LogP contribution in [0.25, 0.3) is 72.8 Å². The summed E-state index contributed by atoms with van der Waals surface area (Å²) in [5.74, 6) is 1.56. The smallest absolute Gasteiger partial charge is 0.166 e. The van der Waals surface area contributed by atoms with E-state index < -0.39 is 0 Å². The maximum absolute atomic E-state index is 9.99. The monoisotopic (exact) mass is 600 g/mol. The van der Waals surface area contributed by atoms with Gasteiger partial charge in [0, 0.05) is 27.5 Å². The van der Waals surface area contributed by atoms with Crippen LogP contribution in [-0.2, 0) is 0 Å². The van der Waals surface area contributed by atoms with Crippen molar-refractivity contribution in [2.45, 2.75) is 0 Å². The van der Waals surface area contributed by atoms with Gasteiger partial charge in [-0.15, -0.1) is 0 Å². The van der Waals surface area contributed by atoms with Crippen molar-refractivity contribution in [1.29, 1.82) is 10.5 Å². The number of hydrogen-bond donors (Lipinski definition) is 0. The van der Waals surface area contributed by atoms with Crippen LogP contribution in [0.1, 0.15) is 11.1 Å². The zero-order valence-corrected chi connectivity index (χ0v) is 25.0. The second kappa shape index (κ2) is 11.6. The van der Waals surface area contributed by atoms with E-state index in [0.29, 0.717) is 34.2 Å². The molecular formula is C41H24N6. The molecule has 0 saturated heterocycles. The van der Waals surface area contributed by atoms with Gasteiger partial charge in [-0.05, 0) is 53.6 Å². The van der Waals surface area contributed by atoms with Crippen LogP contribution < -0.4 is 0 Å². The normalized spacial score (nSPS) is 10.9. The van der Waals surface area contributed by atoms with Gasteiger partial charge in [-0.1, -0.05) is 103 Å². The van der Waals surface area contributed by atoms with Gasteiger partial charge in [0.1, 0.15) is 0 Å². The second-order valence-corrected chi connectivity index (χ2v) is 11.1. The van der Waals surface area contributed by atoms with Crippen LogP contribution >= 0.6 is 0 Å². The summed E-state index contributed by atoms with van der Waals surface area (Å²) in [5, 5.41) is 21.9. The average molecular weight is 601 g/mol. The van der Waals surface area contributed by atoms with Gasteiger partial charge in [0.05, 0.1) is 40.0 Å². The average Bonchev–Trinajstić information content (AvgIpc) is 3.48. The second-order valence-electron chi connectivity index (χ2n) is 11.1. The van der Waals surface area contributed by atoms with E-state index in [4.69, 9.17) is 15.0 Å². The molecule has 0 aliphatic rings. The maximum atomic E-state index is 9.99. The van der Waals surface area contributed by atoms with Gasteiger partial charge in [0.15, 0.2) is 17.5 Å². The highest BCUT2D eigenvalue weighted by Crippen LogP contribution is 2.38. The van der Waals surface area contributed by atoms with Crippen molar-refractivity contribution in [2.24, 2.45) is 0 Å². The van der Waals surface area contributed by atoms with Crippen molar-refractivity contribution in [2.75, 3.05) is 0 Å². The van der Waals surface area contributed by atoms with Crippen LogP contribution in [0.5, 0.6) is 0 Å². The Hall–Kier alpha value is -6.89. The number of nitriles is 2. The third-order valence-electron chi connectivity index (χ3n) is 8.34. The molecule has 8 aromatic rings. The molecule has 6 nitrogen and oxygen atoms in total. The lowest BCUT2D eigenvalue weighted by atomic mass is 9.98. The summed E-state index contributed by atoms with van der Waals surface area (Å²) in [6.07, 6.45) is 0. The van der Waals surface area contributed by atoms with Gasteiger partial charge < -0.3 is 4.57 Å². The van der Waals surface area contributed by atoms with E-state index in [9.17, 15) is 10.5 Å². The summed E-state index contributed by atoms with van der Waals surface area (Å²) in [4.78, 5) is 14.9. The Balaban J connectivity index is 1.41. The lowest BCUT2D eigenvalue weighted by molar-refractivity contribution is 1.06. The molecule has 8 rings (SSSR count). The first-order chi connectivity index (χ1) is 23.2. The molecule has 0 spiro atoms. The van der Waals surface area contributed by atoms with Gasteiger partial charge in [-0.2, -0.15) is 10.5 Å². The molecule has 0 aliphatic heterocycles. The Morgan fingerprint density at radius 1 is 0.447 bits per heavy atom. The Morgan fingerprint density at radius 3 is 1.77 bits per heavy atom. The van der Waals surface area contributed by atoms with Gasteiger partial charge in [-0.3, -0.25) is 0 Å². The van der Waals surface area contributed by atoms with E-state index in [1.54, 1.807) is 0 Å². The number of rotatable bonds is 5. The number of fused-ring (bicyclic) bond motifs is 3. The van der Waals surface area contributed by atoms with E-state index in [1.165, 1.54) is 0 Å². The maximum Gasteiger partial charge on any atom is 0.166 e. The quantitative estimate of drug-likeness (QED) is 0.196. The molecule has 0 amide bonds. The van der Waals surface area contributed by atoms with Gasteiger partial charge >= 0.3 is 0 Å². The third kappa shape index (κ3) is 4.88. The molecule has 0 bridgehead atoms. The Morgan fingerprint density at radius 2 is 1.06 bits per heavy atom. The molecule has 6 heteroatoms. The van der Waals surface area contributed by atoms with Crippen LogP contribution in [0.4, 0.5) is 0 Å². The minimum Gasteiger partial charge on any atom is -0.308 e.